The Morgan fingerprint density at radius 2 is 1.67 bits per heavy atom. The van der Waals surface area contributed by atoms with Crippen molar-refractivity contribution in [2.75, 3.05) is 26.2 Å². The molecule has 0 saturated carbocycles. The molecule has 5 rings (SSSR count). The lowest BCUT2D eigenvalue weighted by molar-refractivity contribution is 0.0902. The van der Waals surface area contributed by atoms with Crippen LogP contribution in [0.5, 0.6) is 0 Å². The summed E-state index contributed by atoms with van der Waals surface area (Å²) in [5.74, 6) is 0. The maximum Gasteiger partial charge on any atom is 0.0548 e. The maximum atomic E-state index is 6.66. The van der Waals surface area contributed by atoms with Gasteiger partial charge in [-0.1, -0.05) is 77.4 Å². The van der Waals surface area contributed by atoms with Crippen LogP contribution in [0.1, 0.15) is 22.7 Å². The first-order valence-electron chi connectivity index (χ1n) is 10.4. The fourth-order valence-electron chi connectivity index (χ4n) is 4.53. The molecule has 0 aliphatic carbocycles. The molecule has 2 heterocycles. The third kappa shape index (κ3) is 4.28. The van der Waals surface area contributed by atoms with E-state index in [0.29, 0.717) is 6.04 Å². The first kappa shape index (κ1) is 20.4. The van der Waals surface area contributed by atoms with Crippen LogP contribution >= 0.6 is 35.0 Å². The minimum Gasteiger partial charge on any atom is -0.297 e. The number of hydrogen-bond acceptors (Lipinski definition) is 3. The van der Waals surface area contributed by atoms with Crippen molar-refractivity contribution in [1.29, 1.82) is 0 Å². The summed E-state index contributed by atoms with van der Waals surface area (Å²) < 4.78 is 0. The zero-order chi connectivity index (χ0) is 20.5. The van der Waals surface area contributed by atoms with Crippen molar-refractivity contribution in [2.45, 2.75) is 28.8 Å². The van der Waals surface area contributed by atoms with Crippen LogP contribution < -0.4 is 0 Å². The maximum absolute atomic E-state index is 6.66. The lowest BCUT2D eigenvalue weighted by Crippen LogP contribution is -2.47. The third-order valence-electron chi connectivity index (χ3n) is 6.10. The topological polar surface area (TPSA) is 6.48 Å². The average molecular weight is 455 g/mol. The first-order valence-corrected chi connectivity index (χ1v) is 12.0. The molecule has 0 amide bonds. The molecule has 2 nitrogen and oxygen atoms in total. The summed E-state index contributed by atoms with van der Waals surface area (Å²) >= 11 is 14.8. The van der Waals surface area contributed by atoms with Crippen molar-refractivity contribution < 1.29 is 0 Å². The highest BCUT2D eigenvalue weighted by Gasteiger charge is 2.31. The van der Waals surface area contributed by atoms with Gasteiger partial charge in [-0.25, -0.2) is 0 Å². The third-order valence-corrected chi connectivity index (χ3v) is 8.04. The van der Waals surface area contributed by atoms with Crippen LogP contribution in [0.25, 0.3) is 0 Å². The number of rotatable bonds is 3. The van der Waals surface area contributed by atoms with E-state index in [1.807, 2.05) is 12.1 Å². The lowest BCUT2D eigenvalue weighted by atomic mass is 9.96. The molecule has 30 heavy (non-hydrogen) atoms. The zero-order valence-corrected chi connectivity index (χ0v) is 19.1. The molecule has 2 aliphatic heterocycles. The van der Waals surface area contributed by atoms with Crippen LogP contribution in [0.4, 0.5) is 0 Å². The molecule has 3 aromatic carbocycles. The molecule has 3 aromatic rings. The van der Waals surface area contributed by atoms with Gasteiger partial charge < -0.3 is 0 Å². The van der Waals surface area contributed by atoms with Crippen LogP contribution in [0.15, 0.2) is 76.5 Å². The lowest BCUT2D eigenvalue weighted by Gasteiger charge is -2.39. The zero-order valence-electron chi connectivity index (χ0n) is 16.7. The van der Waals surface area contributed by atoms with Crippen molar-refractivity contribution >= 4 is 35.0 Å². The molecule has 2 aliphatic rings. The SMILES string of the molecule is Clc1ccc2c(c1)CC(N1CCN(Cc3ccccc3)CC1)c1cccc(Cl)c1S2. The van der Waals surface area contributed by atoms with Gasteiger partial charge in [0, 0.05) is 53.6 Å². The summed E-state index contributed by atoms with van der Waals surface area (Å²) in [4.78, 5) is 7.64. The molecule has 0 spiro atoms. The molecule has 1 fully saturated rings. The van der Waals surface area contributed by atoms with Gasteiger partial charge in [-0.3, -0.25) is 9.80 Å². The molecule has 0 bridgehead atoms. The minimum atomic E-state index is 0.324. The molecule has 154 valence electrons. The highest BCUT2D eigenvalue weighted by Crippen LogP contribution is 2.46. The monoisotopic (exact) mass is 454 g/mol. The summed E-state index contributed by atoms with van der Waals surface area (Å²) in [7, 11) is 0. The number of benzene rings is 3. The largest absolute Gasteiger partial charge is 0.297 e. The van der Waals surface area contributed by atoms with E-state index in [-0.39, 0.29) is 0 Å². The van der Waals surface area contributed by atoms with Crippen molar-refractivity contribution in [3.63, 3.8) is 0 Å². The van der Waals surface area contributed by atoms with Gasteiger partial charge >= 0.3 is 0 Å². The molecule has 1 unspecified atom stereocenters. The van der Waals surface area contributed by atoms with Crippen LogP contribution in [-0.4, -0.2) is 36.0 Å². The molecular weight excluding hydrogens is 431 g/mol. The normalized spacial score (nSPS) is 19.7. The Morgan fingerprint density at radius 1 is 0.867 bits per heavy atom. The van der Waals surface area contributed by atoms with Gasteiger partial charge in [0.2, 0.25) is 0 Å². The number of hydrogen-bond donors (Lipinski definition) is 0. The molecule has 0 N–H and O–H groups in total. The van der Waals surface area contributed by atoms with Crippen LogP contribution in [0.2, 0.25) is 10.0 Å². The van der Waals surface area contributed by atoms with E-state index in [0.717, 1.165) is 49.2 Å². The van der Waals surface area contributed by atoms with Gasteiger partial charge in [0.15, 0.2) is 0 Å². The standard InChI is InChI=1S/C25H24Cl2N2S/c26-20-9-10-24-19(15-20)16-23(21-7-4-8-22(27)25(21)30-24)29-13-11-28(12-14-29)17-18-5-2-1-3-6-18/h1-10,15,23H,11-14,16-17H2. The van der Waals surface area contributed by atoms with Gasteiger partial charge in [0.25, 0.3) is 0 Å². The van der Waals surface area contributed by atoms with Crippen LogP contribution in [0.3, 0.4) is 0 Å². The molecular formula is C25H24Cl2N2S. The van der Waals surface area contributed by atoms with E-state index < -0.39 is 0 Å². The Bertz CT molecular complexity index is 1030. The molecule has 0 radical (unpaired) electrons. The van der Waals surface area contributed by atoms with E-state index in [1.165, 1.54) is 26.5 Å². The van der Waals surface area contributed by atoms with E-state index >= 15 is 0 Å². The first-order chi connectivity index (χ1) is 14.7. The Kier molecular flexibility index (Phi) is 6.08. The Morgan fingerprint density at radius 3 is 2.47 bits per heavy atom. The van der Waals surface area contributed by atoms with E-state index in [9.17, 15) is 0 Å². The fourth-order valence-corrected chi connectivity index (χ4v) is 6.14. The van der Waals surface area contributed by atoms with Crippen LogP contribution in [-0.2, 0) is 13.0 Å². The van der Waals surface area contributed by atoms with Crippen molar-refractivity contribution in [1.82, 2.24) is 9.80 Å². The van der Waals surface area contributed by atoms with Crippen molar-refractivity contribution in [3.8, 4) is 0 Å². The van der Waals surface area contributed by atoms with Crippen LogP contribution in [0, 0.1) is 0 Å². The second-order valence-electron chi connectivity index (χ2n) is 8.03. The highest BCUT2D eigenvalue weighted by atomic mass is 35.5. The number of piperazine rings is 1. The average Bonchev–Trinajstić information content (AvgIpc) is 2.93. The van der Waals surface area contributed by atoms with E-state index in [1.54, 1.807) is 11.8 Å². The molecule has 1 atom stereocenters. The van der Waals surface area contributed by atoms with Gasteiger partial charge in [-0.05, 0) is 47.4 Å². The van der Waals surface area contributed by atoms with Gasteiger partial charge in [-0.15, -0.1) is 0 Å². The summed E-state index contributed by atoms with van der Waals surface area (Å²) in [6, 6.07) is 23.7. The fraction of sp³-hybridized carbons (Fsp3) is 0.280. The molecule has 5 heteroatoms. The summed E-state index contributed by atoms with van der Waals surface area (Å²) in [6.07, 6.45) is 0.967. The second-order valence-corrected chi connectivity index (χ2v) is 9.93. The van der Waals surface area contributed by atoms with Crippen molar-refractivity contribution in [3.05, 3.63) is 93.5 Å². The Balaban J connectivity index is 1.39. The molecule has 0 aromatic heterocycles. The molecule has 1 saturated heterocycles. The van der Waals surface area contributed by atoms with Gasteiger partial charge in [0.1, 0.15) is 0 Å². The highest BCUT2D eigenvalue weighted by molar-refractivity contribution is 7.99. The smallest absolute Gasteiger partial charge is 0.0548 e. The predicted octanol–water partition coefficient (Wildman–Crippen LogP) is 6.56. The quantitative estimate of drug-likeness (QED) is 0.442. The number of halogens is 2. The predicted molar refractivity (Wildman–Crippen MR) is 127 cm³/mol. The Hall–Kier alpha value is -1.49. The summed E-state index contributed by atoms with van der Waals surface area (Å²) in [5, 5.41) is 1.64. The number of fused-ring (bicyclic) bond motifs is 2. The number of nitrogens with zero attached hydrogens (tertiary/aromatic N) is 2. The van der Waals surface area contributed by atoms with Gasteiger partial charge in [-0.2, -0.15) is 0 Å². The minimum absolute atomic E-state index is 0.324. The second kappa shape index (κ2) is 8.94. The summed E-state index contributed by atoms with van der Waals surface area (Å²) in [6.45, 7) is 5.30. The van der Waals surface area contributed by atoms with Crippen molar-refractivity contribution in [2.24, 2.45) is 0 Å². The van der Waals surface area contributed by atoms with E-state index in [4.69, 9.17) is 23.2 Å². The van der Waals surface area contributed by atoms with Gasteiger partial charge in [0.05, 0.1) is 5.02 Å². The van der Waals surface area contributed by atoms with E-state index in [2.05, 4.69) is 64.4 Å². The Labute approximate surface area is 192 Å². The summed E-state index contributed by atoms with van der Waals surface area (Å²) in [5.41, 5.74) is 4.05.